The zero-order valence-corrected chi connectivity index (χ0v) is 12.7. The van der Waals surface area contributed by atoms with E-state index in [1.165, 1.54) is 0 Å². The number of halogens is 1. The predicted octanol–water partition coefficient (Wildman–Crippen LogP) is 1.49. The highest BCUT2D eigenvalue weighted by Gasteiger charge is 2.15. The number of rotatable bonds is 7. The SMILES string of the molecule is Cl.OCCCN1CCN(CCOc2ccccc2)CC1. The number of hydrogen-bond acceptors (Lipinski definition) is 4. The van der Waals surface area contributed by atoms with Crippen molar-refractivity contribution < 1.29 is 9.84 Å². The molecule has 0 spiro atoms. The van der Waals surface area contributed by atoms with Gasteiger partial charge in [0.15, 0.2) is 0 Å². The molecule has 1 aliphatic rings. The van der Waals surface area contributed by atoms with Gasteiger partial charge in [0.25, 0.3) is 0 Å². The second-order valence-corrected chi connectivity index (χ2v) is 4.92. The van der Waals surface area contributed by atoms with Gasteiger partial charge in [-0.15, -0.1) is 12.4 Å². The molecule has 1 fully saturated rings. The number of benzene rings is 1. The summed E-state index contributed by atoms with van der Waals surface area (Å²) in [5.41, 5.74) is 0. The summed E-state index contributed by atoms with van der Waals surface area (Å²) in [6.07, 6.45) is 0.886. The highest BCUT2D eigenvalue weighted by Crippen LogP contribution is 2.08. The maximum absolute atomic E-state index is 8.82. The van der Waals surface area contributed by atoms with Crippen LogP contribution in [0.5, 0.6) is 5.75 Å². The lowest BCUT2D eigenvalue weighted by atomic mass is 10.3. The van der Waals surface area contributed by atoms with Gasteiger partial charge in [-0.3, -0.25) is 4.90 Å². The molecule has 5 heteroatoms. The maximum atomic E-state index is 8.82. The third-order valence-corrected chi connectivity index (χ3v) is 3.52. The summed E-state index contributed by atoms with van der Waals surface area (Å²) in [4.78, 5) is 4.86. The zero-order chi connectivity index (χ0) is 13.3. The van der Waals surface area contributed by atoms with Crippen LogP contribution in [0.1, 0.15) is 6.42 Å². The summed E-state index contributed by atoms with van der Waals surface area (Å²) in [5, 5.41) is 8.82. The van der Waals surface area contributed by atoms with E-state index in [0.717, 1.165) is 58.0 Å². The van der Waals surface area contributed by atoms with E-state index in [4.69, 9.17) is 9.84 Å². The van der Waals surface area contributed by atoms with Crippen LogP contribution in [0.3, 0.4) is 0 Å². The Morgan fingerprint density at radius 3 is 2.15 bits per heavy atom. The molecule has 4 nitrogen and oxygen atoms in total. The van der Waals surface area contributed by atoms with E-state index in [2.05, 4.69) is 9.80 Å². The molecule has 2 rings (SSSR count). The highest BCUT2D eigenvalue weighted by atomic mass is 35.5. The summed E-state index contributed by atoms with van der Waals surface area (Å²) >= 11 is 0. The number of aliphatic hydroxyl groups excluding tert-OH is 1. The van der Waals surface area contributed by atoms with Gasteiger partial charge in [0.2, 0.25) is 0 Å². The minimum absolute atomic E-state index is 0. The van der Waals surface area contributed by atoms with E-state index in [1.54, 1.807) is 0 Å². The average Bonchev–Trinajstić information content (AvgIpc) is 2.47. The molecule has 20 heavy (non-hydrogen) atoms. The van der Waals surface area contributed by atoms with Gasteiger partial charge in [0, 0.05) is 45.9 Å². The highest BCUT2D eigenvalue weighted by molar-refractivity contribution is 5.85. The third kappa shape index (κ3) is 6.09. The van der Waals surface area contributed by atoms with E-state index in [9.17, 15) is 0 Å². The largest absolute Gasteiger partial charge is 0.492 e. The van der Waals surface area contributed by atoms with Crippen molar-refractivity contribution in [3.63, 3.8) is 0 Å². The Labute approximate surface area is 127 Å². The molecule has 0 bridgehead atoms. The topological polar surface area (TPSA) is 35.9 Å². The van der Waals surface area contributed by atoms with Crippen molar-refractivity contribution in [2.75, 3.05) is 52.5 Å². The molecule has 1 saturated heterocycles. The molecule has 0 radical (unpaired) electrons. The Morgan fingerprint density at radius 1 is 0.950 bits per heavy atom. The number of ether oxygens (including phenoxy) is 1. The number of nitrogens with zero attached hydrogens (tertiary/aromatic N) is 2. The lowest BCUT2D eigenvalue weighted by molar-refractivity contribution is 0.111. The summed E-state index contributed by atoms with van der Waals surface area (Å²) in [7, 11) is 0. The van der Waals surface area contributed by atoms with Crippen LogP contribution in [0.25, 0.3) is 0 Å². The molecule has 1 N–H and O–H groups in total. The Morgan fingerprint density at radius 2 is 1.55 bits per heavy atom. The number of hydrogen-bond donors (Lipinski definition) is 1. The van der Waals surface area contributed by atoms with Crippen LogP contribution < -0.4 is 4.74 Å². The van der Waals surface area contributed by atoms with E-state index in [1.807, 2.05) is 30.3 Å². The lowest BCUT2D eigenvalue weighted by Gasteiger charge is -2.34. The van der Waals surface area contributed by atoms with Gasteiger partial charge in [0.05, 0.1) is 0 Å². The van der Waals surface area contributed by atoms with Crippen molar-refractivity contribution in [3.8, 4) is 5.75 Å². The molecule has 1 aliphatic heterocycles. The number of piperazine rings is 1. The first-order valence-electron chi connectivity index (χ1n) is 7.12. The Hall–Kier alpha value is -0.810. The Kier molecular flexibility index (Phi) is 8.62. The molecule has 1 aromatic rings. The standard InChI is InChI=1S/C15H24N2O2.ClH/c18-13-4-7-16-8-10-17(11-9-16)12-14-19-15-5-2-1-3-6-15;/h1-3,5-6,18H,4,7-14H2;1H. The van der Waals surface area contributed by atoms with Crippen LogP contribution in [-0.2, 0) is 0 Å². The van der Waals surface area contributed by atoms with Crippen LogP contribution in [0.2, 0.25) is 0 Å². The first kappa shape index (κ1) is 17.2. The lowest BCUT2D eigenvalue weighted by Crippen LogP contribution is -2.47. The molecule has 0 aliphatic carbocycles. The van der Waals surface area contributed by atoms with Gasteiger partial charge in [-0.25, -0.2) is 0 Å². The first-order valence-corrected chi connectivity index (χ1v) is 7.12. The van der Waals surface area contributed by atoms with Crippen LogP contribution in [0.15, 0.2) is 30.3 Å². The monoisotopic (exact) mass is 300 g/mol. The van der Waals surface area contributed by atoms with Gasteiger partial charge in [-0.1, -0.05) is 18.2 Å². The number of aliphatic hydroxyl groups is 1. The zero-order valence-electron chi connectivity index (χ0n) is 11.9. The second-order valence-electron chi connectivity index (χ2n) is 4.92. The second kappa shape index (κ2) is 10.00. The fourth-order valence-electron chi connectivity index (χ4n) is 2.34. The molecule has 0 aromatic heterocycles. The van der Waals surface area contributed by atoms with E-state index in [0.29, 0.717) is 6.61 Å². The molecular formula is C15H25ClN2O2. The van der Waals surface area contributed by atoms with Crippen LogP contribution in [0, 0.1) is 0 Å². The minimum atomic E-state index is 0. The van der Waals surface area contributed by atoms with Gasteiger partial charge >= 0.3 is 0 Å². The van der Waals surface area contributed by atoms with Gasteiger partial charge in [0.1, 0.15) is 12.4 Å². The quantitative estimate of drug-likeness (QED) is 0.828. The molecule has 114 valence electrons. The van der Waals surface area contributed by atoms with Gasteiger partial charge in [-0.2, -0.15) is 0 Å². The maximum Gasteiger partial charge on any atom is 0.119 e. The predicted molar refractivity (Wildman–Crippen MR) is 83.8 cm³/mol. The molecular weight excluding hydrogens is 276 g/mol. The summed E-state index contributed by atoms with van der Waals surface area (Å²) < 4.78 is 5.71. The summed E-state index contributed by atoms with van der Waals surface area (Å²) in [6, 6.07) is 9.97. The van der Waals surface area contributed by atoms with Crippen molar-refractivity contribution >= 4 is 12.4 Å². The summed E-state index contributed by atoms with van der Waals surface area (Å²) in [6.45, 7) is 7.46. The smallest absolute Gasteiger partial charge is 0.119 e. The molecule has 0 amide bonds. The van der Waals surface area contributed by atoms with Crippen LogP contribution >= 0.6 is 12.4 Å². The van der Waals surface area contributed by atoms with E-state index >= 15 is 0 Å². The van der Waals surface area contributed by atoms with Crippen LogP contribution in [0.4, 0.5) is 0 Å². The van der Waals surface area contributed by atoms with Crippen molar-refractivity contribution in [1.82, 2.24) is 9.80 Å². The van der Waals surface area contributed by atoms with Crippen molar-refractivity contribution in [2.45, 2.75) is 6.42 Å². The van der Waals surface area contributed by atoms with Crippen molar-refractivity contribution in [2.24, 2.45) is 0 Å². The third-order valence-electron chi connectivity index (χ3n) is 3.52. The van der Waals surface area contributed by atoms with Gasteiger partial charge in [-0.05, 0) is 18.6 Å². The minimum Gasteiger partial charge on any atom is -0.492 e. The van der Waals surface area contributed by atoms with E-state index < -0.39 is 0 Å². The molecule has 0 atom stereocenters. The Bertz CT molecular complexity index is 343. The molecule has 0 saturated carbocycles. The van der Waals surface area contributed by atoms with E-state index in [-0.39, 0.29) is 12.4 Å². The normalized spacial score (nSPS) is 16.6. The average molecular weight is 301 g/mol. The van der Waals surface area contributed by atoms with Crippen molar-refractivity contribution in [1.29, 1.82) is 0 Å². The first-order chi connectivity index (χ1) is 9.38. The molecule has 1 aromatic carbocycles. The Balaban J connectivity index is 0.00000200. The van der Waals surface area contributed by atoms with Gasteiger partial charge < -0.3 is 14.7 Å². The summed E-state index contributed by atoms with van der Waals surface area (Å²) in [5.74, 6) is 0.948. The number of para-hydroxylation sites is 1. The van der Waals surface area contributed by atoms with Crippen LogP contribution in [-0.4, -0.2) is 67.4 Å². The molecule has 1 heterocycles. The van der Waals surface area contributed by atoms with Crippen molar-refractivity contribution in [3.05, 3.63) is 30.3 Å². The molecule has 0 unspecified atom stereocenters. The fourth-order valence-corrected chi connectivity index (χ4v) is 2.34. The fraction of sp³-hybridized carbons (Fsp3) is 0.600.